The lowest BCUT2D eigenvalue weighted by Crippen LogP contribution is -2.43. The van der Waals surface area contributed by atoms with Crippen molar-refractivity contribution in [2.75, 3.05) is 6.61 Å². The van der Waals surface area contributed by atoms with Crippen molar-refractivity contribution in [1.29, 1.82) is 5.26 Å². The molecule has 0 saturated carbocycles. The highest BCUT2D eigenvalue weighted by Gasteiger charge is 2.20. The van der Waals surface area contributed by atoms with Crippen LogP contribution in [0.4, 0.5) is 4.79 Å². The Bertz CT molecular complexity index is 1760. The average Bonchev–Trinajstić information content (AvgIpc) is 3.08. The molecule has 15 heteroatoms. The molecule has 3 rings (SSSR count). The Kier molecular flexibility index (Phi) is 17.0. The number of aromatic amines is 1. The van der Waals surface area contributed by atoms with E-state index >= 15 is 0 Å². The van der Waals surface area contributed by atoms with Crippen LogP contribution in [0.5, 0.6) is 11.6 Å². The smallest absolute Gasteiger partial charge is 0.434 e. The van der Waals surface area contributed by atoms with Gasteiger partial charge in [0.2, 0.25) is 11.6 Å². The number of aromatic nitrogens is 5. The molecule has 0 aliphatic rings. The highest BCUT2D eigenvalue weighted by Crippen LogP contribution is 2.37. The number of benzene rings is 1. The molecule has 1 aromatic carbocycles. The molecule has 0 aliphatic heterocycles. The third-order valence-corrected chi connectivity index (χ3v) is 8.62. The van der Waals surface area contributed by atoms with E-state index in [9.17, 15) is 24.4 Å². The van der Waals surface area contributed by atoms with Gasteiger partial charge in [0.05, 0.1) is 22.3 Å². The van der Waals surface area contributed by atoms with Crippen molar-refractivity contribution in [2.45, 2.75) is 123 Å². The quantitative estimate of drug-likeness (QED) is 0.0832. The molecule has 0 radical (unpaired) electrons. The van der Waals surface area contributed by atoms with Gasteiger partial charge in [0, 0.05) is 11.6 Å². The first-order valence-electron chi connectivity index (χ1n) is 17.3. The Labute approximate surface area is 301 Å². The van der Waals surface area contributed by atoms with E-state index in [1.165, 1.54) is 82.4 Å². The Hall–Kier alpha value is -4.15. The molecule has 0 aliphatic carbocycles. The summed E-state index contributed by atoms with van der Waals surface area (Å²) in [5, 5.41) is 19.4. The third kappa shape index (κ3) is 12.3. The molecule has 0 unspecified atom stereocenters. The minimum atomic E-state index is -1.06. The second-order valence-electron chi connectivity index (χ2n) is 12.3. The SMILES string of the molecule is CCCCCCCCCCCCCCCCOC(=O)OCn1c(=O)c(C#N)nn(-c2cc(Cl)c(Oc3cc(C(C)C)c(=O)[nH]n3)c(Cl)c2)c1=O. The fraction of sp³-hybridized carbons (Fsp3) is 0.571. The molecule has 50 heavy (non-hydrogen) atoms. The topological polar surface area (TPSA) is 171 Å². The van der Waals surface area contributed by atoms with E-state index in [4.69, 9.17) is 37.4 Å². The Morgan fingerprint density at radius 1 is 0.880 bits per heavy atom. The van der Waals surface area contributed by atoms with Crippen molar-refractivity contribution in [2.24, 2.45) is 0 Å². The molecular formula is C35H46Cl2N6O7. The van der Waals surface area contributed by atoms with E-state index in [-0.39, 0.29) is 45.4 Å². The number of ether oxygens (including phenoxy) is 3. The number of carbonyl (C=O) groups is 1. The van der Waals surface area contributed by atoms with E-state index in [1.807, 2.05) is 13.8 Å². The Balaban J connectivity index is 1.52. The summed E-state index contributed by atoms with van der Waals surface area (Å²) in [6.07, 6.45) is 15.7. The fourth-order valence-electron chi connectivity index (χ4n) is 5.23. The molecule has 3 aromatic rings. The Morgan fingerprint density at radius 2 is 1.44 bits per heavy atom. The van der Waals surface area contributed by atoms with Gasteiger partial charge in [-0.05, 0) is 24.5 Å². The summed E-state index contributed by atoms with van der Waals surface area (Å²) in [5.41, 5.74) is -2.68. The van der Waals surface area contributed by atoms with Crippen molar-refractivity contribution >= 4 is 29.4 Å². The van der Waals surface area contributed by atoms with Crippen molar-refractivity contribution in [3.8, 4) is 23.4 Å². The summed E-state index contributed by atoms with van der Waals surface area (Å²) in [7, 11) is 0. The van der Waals surface area contributed by atoms with Crippen LogP contribution in [0.25, 0.3) is 5.69 Å². The van der Waals surface area contributed by atoms with E-state index in [1.54, 1.807) is 6.07 Å². The molecule has 2 heterocycles. The van der Waals surface area contributed by atoms with Crippen molar-refractivity contribution < 1.29 is 19.0 Å². The summed E-state index contributed by atoms with van der Waals surface area (Å²) in [5.74, 6) is -0.118. The van der Waals surface area contributed by atoms with Crippen LogP contribution in [-0.2, 0) is 16.2 Å². The normalized spacial score (nSPS) is 11.1. The number of nitriles is 1. The van der Waals surface area contributed by atoms with Gasteiger partial charge in [-0.3, -0.25) is 9.59 Å². The first-order chi connectivity index (χ1) is 24.1. The van der Waals surface area contributed by atoms with Crippen LogP contribution in [0.15, 0.2) is 32.6 Å². The molecular weight excluding hydrogens is 687 g/mol. The van der Waals surface area contributed by atoms with E-state index in [0.717, 1.165) is 23.9 Å². The van der Waals surface area contributed by atoms with Crippen molar-refractivity contribution in [3.63, 3.8) is 0 Å². The van der Waals surface area contributed by atoms with Crippen molar-refractivity contribution in [3.05, 3.63) is 70.7 Å². The zero-order valence-corrected chi connectivity index (χ0v) is 30.5. The molecule has 0 atom stereocenters. The van der Waals surface area contributed by atoms with Crippen molar-refractivity contribution in [1.82, 2.24) is 24.5 Å². The van der Waals surface area contributed by atoms with Gasteiger partial charge in [0.1, 0.15) is 6.07 Å². The van der Waals surface area contributed by atoms with Crippen LogP contribution in [-0.4, -0.2) is 37.3 Å². The number of carbonyl (C=O) groups excluding carboxylic acids is 1. The van der Waals surface area contributed by atoms with E-state index in [0.29, 0.717) is 16.6 Å². The third-order valence-electron chi connectivity index (χ3n) is 8.06. The monoisotopic (exact) mass is 732 g/mol. The predicted octanol–water partition coefficient (Wildman–Crippen LogP) is 8.16. The number of unbranched alkanes of at least 4 members (excludes halogenated alkanes) is 13. The van der Waals surface area contributed by atoms with Crippen LogP contribution in [0.2, 0.25) is 10.0 Å². The molecule has 2 aromatic heterocycles. The van der Waals surface area contributed by atoms with Gasteiger partial charge < -0.3 is 14.2 Å². The molecule has 0 amide bonds. The lowest BCUT2D eigenvalue weighted by Gasteiger charge is -2.14. The van der Waals surface area contributed by atoms with Crippen LogP contribution >= 0.6 is 23.2 Å². The first-order valence-corrected chi connectivity index (χ1v) is 18.0. The number of nitrogens with one attached hydrogen (secondary N) is 1. The summed E-state index contributed by atoms with van der Waals surface area (Å²) in [6.45, 7) is 5.22. The van der Waals surface area contributed by atoms with Crippen LogP contribution in [0.3, 0.4) is 0 Å². The van der Waals surface area contributed by atoms with E-state index in [2.05, 4.69) is 22.2 Å². The van der Waals surface area contributed by atoms with Gasteiger partial charge >= 0.3 is 11.8 Å². The predicted molar refractivity (Wildman–Crippen MR) is 191 cm³/mol. The number of H-pyrrole nitrogens is 1. The number of nitrogens with zero attached hydrogens (tertiary/aromatic N) is 5. The van der Waals surface area contributed by atoms with Gasteiger partial charge in [0.15, 0.2) is 12.5 Å². The number of halogens is 2. The van der Waals surface area contributed by atoms with Gasteiger partial charge in [0.25, 0.3) is 11.1 Å². The molecule has 13 nitrogen and oxygen atoms in total. The fourth-order valence-corrected chi connectivity index (χ4v) is 5.78. The summed E-state index contributed by atoms with van der Waals surface area (Å²) >= 11 is 12.9. The molecule has 0 bridgehead atoms. The highest BCUT2D eigenvalue weighted by atomic mass is 35.5. The van der Waals surface area contributed by atoms with Gasteiger partial charge in [-0.15, -0.1) is 10.2 Å². The minimum Gasteiger partial charge on any atom is -0.434 e. The number of hydrogen-bond donors (Lipinski definition) is 1. The Morgan fingerprint density at radius 3 is 1.98 bits per heavy atom. The summed E-state index contributed by atoms with van der Waals surface area (Å²) in [6, 6.07) is 5.63. The average molecular weight is 734 g/mol. The lowest BCUT2D eigenvalue weighted by atomic mass is 10.0. The standard InChI is InChI=1S/C35H46Cl2N6O7/c1-4-5-6-7-8-9-10-11-12-13-14-15-16-17-18-48-35(47)49-23-42-33(45)29(22-38)41-43(34(42)46)25-19-27(36)31(28(37)20-25)50-30-21-26(24(2)3)32(44)40-39-30/h19-21,24H,4-18,23H2,1-3H3,(H,40,44). The lowest BCUT2D eigenvalue weighted by molar-refractivity contribution is 0.0303. The molecule has 1 N–H and O–H groups in total. The number of rotatable bonds is 21. The summed E-state index contributed by atoms with van der Waals surface area (Å²) in [4.78, 5) is 50.3. The maximum atomic E-state index is 13.3. The van der Waals surface area contributed by atoms with Gasteiger partial charge in [-0.1, -0.05) is 127 Å². The second kappa shape index (κ2) is 21.2. The zero-order valence-electron chi connectivity index (χ0n) is 29.0. The highest BCUT2D eigenvalue weighted by molar-refractivity contribution is 6.37. The largest absolute Gasteiger partial charge is 0.510 e. The molecule has 0 fully saturated rings. The maximum absolute atomic E-state index is 13.3. The molecule has 272 valence electrons. The summed E-state index contributed by atoms with van der Waals surface area (Å²) < 4.78 is 17.1. The van der Waals surface area contributed by atoms with Gasteiger partial charge in [-0.2, -0.15) is 9.94 Å². The number of hydrogen-bond acceptors (Lipinski definition) is 10. The second-order valence-corrected chi connectivity index (χ2v) is 13.2. The maximum Gasteiger partial charge on any atom is 0.510 e. The van der Waals surface area contributed by atoms with Crippen LogP contribution in [0.1, 0.15) is 128 Å². The van der Waals surface area contributed by atoms with E-state index < -0.39 is 29.8 Å². The van der Waals surface area contributed by atoms with Gasteiger partial charge in [-0.25, -0.2) is 19.3 Å². The molecule has 0 spiro atoms. The zero-order chi connectivity index (χ0) is 36.5. The molecule has 0 saturated heterocycles. The first kappa shape index (κ1) is 40.3. The van der Waals surface area contributed by atoms with Crippen LogP contribution in [0, 0.1) is 11.3 Å². The van der Waals surface area contributed by atoms with Crippen LogP contribution < -0.4 is 21.5 Å². The minimum absolute atomic E-state index is 0.0136.